The number of aryl methyl sites for hydroxylation is 1. The molecule has 0 bridgehead atoms. The van der Waals surface area contributed by atoms with Gasteiger partial charge in [0.25, 0.3) is 10.0 Å². The number of anilines is 1. The summed E-state index contributed by atoms with van der Waals surface area (Å²) in [7, 11) is -0.871. The van der Waals surface area contributed by atoms with Crippen molar-refractivity contribution in [3.05, 3.63) is 36.2 Å². The highest BCUT2D eigenvalue weighted by molar-refractivity contribution is 7.93. The number of methoxy groups -OCH3 is 1. The third-order valence-corrected chi connectivity index (χ3v) is 5.34. The minimum Gasteiger partial charge on any atom is -0.495 e. The first-order chi connectivity index (χ1) is 11.3. The summed E-state index contributed by atoms with van der Waals surface area (Å²) in [5.41, 5.74) is 0.801. The highest BCUT2D eigenvalue weighted by Crippen LogP contribution is 2.30. The number of hydrogen-bond donors (Lipinski definition) is 1. The van der Waals surface area contributed by atoms with Crippen LogP contribution in [0.25, 0.3) is 0 Å². The van der Waals surface area contributed by atoms with Crippen LogP contribution in [-0.2, 0) is 28.3 Å². The molecule has 1 N–H and O–H groups in total. The molecular formula is C15H19N3O5S. The molecule has 0 radical (unpaired) electrons. The van der Waals surface area contributed by atoms with Gasteiger partial charge in [-0.05, 0) is 24.6 Å². The van der Waals surface area contributed by atoms with Crippen LogP contribution in [0.1, 0.15) is 12.5 Å². The van der Waals surface area contributed by atoms with Gasteiger partial charge in [-0.25, -0.2) is 8.42 Å². The smallest absolute Gasteiger partial charge is 0.307 e. The number of benzene rings is 1. The molecule has 1 aromatic heterocycles. The van der Waals surface area contributed by atoms with E-state index in [4.69, 9.17) is 9.84 Å². The van der Waals surface area contributed by atoms with Crippen molar-refractivity contribution in [1.29, 1.82) is 0 Å². The second-order valence-corrected chi connectivity index (χ2v) is 6.93. The van der Waals surface area contributed by atoms with Crippen molar-refractivity contribution in [1.82, 2.24) is 9.78 Å². The van der Waals surface area contributed by atoms with E-state index in [0.29, 0.717) is 11.3 Å². The van der Waals surface area contributed by atoms with Gasteiger partial charge in [0.2, 0.25) is 0 Å². The van der Waals surface area contributed by atoms with Gasteiger partial charge in [0.1, 0.15) is 10.6 Å². The third-order valence-electron chi connectivity index (χ3n) is 3.42. The molecule has 0 atom stereocenters. The first-order valence-electron chi connectivity index (χ1n) is 7.19. The molecule has 0 unspecified atom stereocenters. The van der Waals surface area contributed by atoms with Crippen molar-refractivity contribution < 1.29 is 23.1 Å². The Balaban J connectivity index is 2.55. The van der Waals surface area contributed by atoms with Crippen LogP contribution in [0, 0.1) is 0 Å². The average Bonchev–Trinajstić information content (AvgIpc) is 2.93. The summed E-state index contributed by atoms with van der Waals surface area (Å²) in [6.07, 6.45) is 2.77. The van der Waals surface area contributed by atoms with Crippen LogP contribution < -0.4 is 9.04 Å². The molecule has 0 saturated carbocycles. The number of aliphatic carboxylic acids is 1. The summed E-state index contributed by atoms with van der Waals surface area (Å²) in [6, 6.07) is 4.33. The van der Waals surface area contributed by atoms with Crippen molar-refractivity contribution in [2.24, 2.45) is 7.05 Å². The maximum Gasteiger partial charge on any atom is 0.307 e. The van der Waals surface area contributed by atoms with Gasteiger partial charge in [0.05, 0.1) is 25.4 Å². The van der Waals surface area contributed by atoms with Gasteiger partial charge in [-0.2, -0.15) is 5.10 Å². The van der Waals surface area contributed by atoms with Gasteiger partial charge in [0, 0.05) is 19.8 Å². The molecule has 9 heteroatoms. The maximum absolute atomic E-state index is 13.1. The van der Waals surface area contributed by atoms with E-state index in [1.807, 2.05) is 0 Å². The van der Waals surface area contributed by atoms with E-state index in [1.54, 1.807) is 20.2 Å². The second-order valence-electron chi connectivity index (χ2n) is 5.10. The molecular weight excluding hydrogens is 334 g/mol. The van der Waals surface area contributed by atoms with Crippen LogP contribution in [0.3, 0.4) is 0 Å². The summed E-state index contributed by atoms with van der Waals surface area (Å²) < 4.78 is 34.0. The van der Waals surface area contributed by atoms with E-state index in [-0.39, 0.29) is 23.6 Å². The van der Waals surface area contributed by atoms with Crippen molar-refractivity contribution in [3.63, 3.8) is 0 Å². The zero-order chi connectivity index (χ0) is 17.9. The van der Waals surface area contributed by atoms with E-state index >= 15 is 0 Å². The Morgan fingerprint density at radius 3 is 2.62 bits per heavy atom. The Morgan fingerprint density at radius 2 is 2.12 bits per heavy atom. The molecule has 0 aliphatic heterocycles. The Kier molecular flexibility index (Phi) is 5.13. The van der Waals surface area contributed by atoms with Crippen molar-refractivity contribution in [2.75, 3.05) is 18.0 Å². The number of carboxylic acids is 1. The van der Waals surface area contributed by atoms with Gasteiger partial charge < -0.3 is 9.84 Å². The number of ether oxygens (including phenoxy) is 1. The topological polar surface area (TPSA) is 102 Å². The van der Waals surface area contributed by atoms with Crippen LogP contribution >= 0.6 is 0 Å². The molecule has 1 aromatic carbocycles. The number of sulfonamides is 1. The number of nitrogens with zero attached hydrogens (tertiary/aromatic N) is 3. The number of hydrogen-bond acceptors (Lipinski definition) is 5. The van der Waals surface area contributed by atoms with Gasteiger partial charge in [-0.15, -0.1) is 0 Å². The van der Waals surface area contributed by atoms with Crippen LogP contribution in [0.4, 0.5) is 5.69 Å². The van der Waals surface area contributed by atoms with Gasteiger partial charge in [-0.1, -0.05) is 6.07 Å². The predicted octanol–water partition coefficient (Wildman–Crippen LogP) is 1.27. The standard InChI is InChI=1S/C15H19N3O5S/c1-4-18(12-9-16-17(2)10-12)24(21,22)14-7-11(8-15(19)20)5-6-13(14)23-3/h5-7,9-10H,4,8H2,1-3H3,(H,19,20). The lowest BCUT2D eigenvalue weighted by Gasteiger charge is -2.22. The van der Waals surface area contributed by atoms with Crippen LogP contribution in [-0.4, -0.2) is 42.9 Å². The number of aromatic nitrogens is 2. The van der Waals surface area contributed by atoms with E-state index in [9.17, 15) is 13.2 Å². The minimum absolute atomic E-state index is 0.0746. The SMILES string of the molecule is CCN(c1cnn(C)c1)S(=O)(=O)c1cc(CC(=O)O)ccc1OC. The van der Waals surface area contributed by atoms with Gasteiger partial charge in [0.15, 0.2) is 0 Å². The van der Waals surface area contributed by atoms with Crippen LogP contribution in [0.5, 0.6) is 5.75 Å². The highest BCUT2D eigenvalue weighted by atomic mass is 32.2. The monoisotopic (exact) mass is 353 g/mol. The van der Waals surface area contributed by atoms with Crippen molar-refractivity contribution >= 4 is 21.7 Å². The van der Waals surface area contributed by atoms with Crippen molar-refractivity contribution in [2.45, 2.75) is 18.2 Å². The molecule has 0 aliphatic rings. The summed E-state index contributed by atoms with van der Waals surface area (Å²) in [5, 5.41) is 12.9. The zero-order valence-electron chi connectivity index (χ0n) is 13.6. The molecule has 0 aliphatic carbocycles. The van der Waals surface area contributed by atoms with Gasteiger partial charge >= 0.3 is 5.97 Å². The summed E-state index contributed by atoms with van der Waals surface area (Å²) >= 11 is 0. The fraction of sp³-hybridized carbons (Fsp3) is 0.333. The Morgan fingerprint density at radius 1 is 1.42 bits per heavy atom. The minimum atomic E-state index is -3.93. The van der Waals surface area contributed by atoms with E-state index < -0.39 is 16.0 Å². The summed E-state index contributed by atoms with van der Waals surface area (Å²) in [6.45, 7) is 1.90. The number of carboxylic acid groups (broad SMARTS) is 1. The first kappa shape index (κ1) is 17.8. The van der Waals surface area contributed by atoms with E-state index in [1.165, 1.54) is 40.5 Å². The molecule has 1 heterocycles. The summed E-state index contributed by atoms with van der Waals surface area (Å²) in [4.78, 5) is 10.8. The lowest BCUT2D eigenvalue weighted by Crippen LogP contribution is -2.31. The molecule has 2 aromatic rings. The Bertz CT molecular complexity index is 845. The molecule has 0 amide bonds. The molecule has 0 spiro atoms. The lowest BCUT2D eigenvalue weighted by molar-refractivity contribution is -0.136. The fourth-order valence-electron chi connectivity index (χ4n) is 2.35. The average molecular weight is 353 g/mol. The Hall–Kier alpha value is -2.55. The van der Waals surface area contributed by atoms with E-state index in [2.05, 4.69) is 5.10 Å². The lowest BCUT2D eigenvalue weighted by atomic mass is 10.1. The van der Waals surface area contributed by atoms with Crippen LogP contribution in [0.2, 0.25) is 0 Å². The highest BCUT2D eigenvalue weighted by Gasteiger charge is 2.28. The maximum atomic E-state index is 13.1. The number of rotatable bonds is 7. The van der Waals surface area contributed by atoms with Crippen LogP contribution in [0.15, 0.2) is 35.5 Å². The Labute approximate surface area is 140 Å². The number of carbonyl (C=O) groups is 1. The second kappa shape index (κ2) is 6.91. The molecule has 0 saturated heterocycles. The first-order valence-corrected chi connectivity index (χ1v) is 8.63. The molecule has 8 nitrogen and oxygen atoms in total. The molecule has 130 valence electrons. The molecule has 24 heavy (non-hydrogen) atoms. The molecule has 0 fully saturated rings. The van der Waals surface area contributed by atoms with Gasteiger partial charge in [-0.3, -0.25) is 13.8 Å². The normalized spacial score (nSPS) is 11.3. The fourth-order valence-corrected chi connectivity index (χ4v) is 4.01. The largest absolute Gasteiger partial charge is 0.495 e. The predicted molar refractivity (Wildman–Crippen MR) is 87.7 cm³/mol. The quantitative estimate of drug-likeness (QED) is 0.804. The summed E-state index contributed by atoms with van der Waals surface area (Å²) in [5.74, 6) is -0.880. The third kappa shape index (κ3) is 3.51. The molecule has 2 rings (SSSR count). The zero-order valence-corrected chi connectivity index (χ0v) is 14.4. The van der Waals surface area contributed by atoms with E-state index in [0.717, 1.165) is 0 Å². The van der Waals surface area contributed by atoms with Crippen molar-refractivity contribution in [3.8, 4) is 5.75 Å².